The summed E-state index contributed by atoms with van der Waals surface area (Å²) < 4.78 is 5.83. The van der Waals surface area contributed by atoms with Crippen LogP contribution in [0.25, 0.3) is 22.6 Å². The Kier molecular flexibility index (Phi) is 3.34. The molecule has 3 nitrogen and oxygen atoms in total. The van der Waals surface area contributed by atoms with Crippen molar-refractivity contribution in [2.45, 2.75) is 38.0 Å². The summed E-state index contributed by atoms with van der Waals surface area (Å²) in [5.74, 6) is 1.39. The van der Waals surface area contributed by atoms with E-state index in [0.29, 0.717) is 11.6 Å². The minimum Gasteiger partial charge on any atom is -0.436 e. The fraction of sp³-hybridized carbons (Fsp3) is 0.316. The number of nitrogens with zero attached hydrogens (tertiary/aromatic N) is 1. The maximum absolute atomic E-state index is 5.83. The van der Waals surface area contributed by atoms with Gasteiger partial charge in [0.15, 0.2) is 5.58 Å². The molecule has 0 aliphatic heterocycles. The molecule has 0 radical (unpaired) electrons. The molecule has 0 bridgehead atoms. The molecule has 0 saturated heterocycles. The predicted molar refractivity (Wildman–Crippen MR) is 89.7 cm³/mol. The van der Waals surface area contributed by atoms with Gasteiger partial charge in [-0.15, -0.1) is 0 Å². The van der Waals surface area contributed by atoms with E-state index in [9.17, 15) is 0 Å². The summed E-state index contributed by atoms with van der Waals surface area (Å²) in [6.07, 6.45) is 6.75. The third-order valence-corrected chi connectivity index (χ3v) is 4.65. The highest BCUT2D eigenvalue weighted by Gasteiger charge is 2.16. The smallest absolute Gasteiger partial charge is 0.227 e. The maximum atomic E-state index is 5.83. The van der Waals surface area contributed by atoms with E-state index >= 15 is 0 Å². The molecule has 1 aliphatic rings. The molecule has 22 heavy (non-hydrogen) atoms. The third-order valence-electron chi connectivity index (χ3n) is 4.65. The van der Waals surface area contributed by atoms with Crippen LogP contribution in [0.2, 0.25) is 0 Å². The molecule has 1 aliphatic carbocycles. The van der Waals surface area contributed by atoms with Crippen molar-refractivity contribution < 1.29 is 4.42 Å². The van der Waals surface area contributed by atoms with Crippen molar-refractivity contribution in [2.75, 3.05) is 5.73 Å². The second-order valence-corrected chi connectivity index (χ2v) is 6.20. The average Bonchev–Trinajstić information content (AvgIpc) is 2.99. The Morgan fingerprint density at radius 2 is 1.73 bits per heavy atom. The van der Waals surface area contributed by atoms with Crippen LogP contribution in [0.5, 0.6) is 0 Å². The summed E-state index contributed by atoms with van der Waals surface area (Å²) in [6, 6.07) is 14.3. The third kappa shape index (κ3) is 2.47. The number of rotatable bonds is 2. The molecule has 3 heteroatoms. The summed E-state index contributed by atoms with van der Waals surface area (Å²) in [5.41, 5.74) is 10.6. The van der Waals surface area contributed by atoms with Crippen LogP contribution < -0.4 is 5.73 Å². The van der Waals surface area contributed by atoms with Gasteiger partial charge in [0.2, 0.25) is 5.89 Å². The lowest BCUT2D eigenvalue weighted by molar-refractivity contribution is 0.443. The highest BCUT2D eigenvalue weighted by atomic mass is 16.3. The zero-order valence-corrected chi connectivity index (χ0v) is 12.6. The predicted octanol–water partition coefficient (Wildman–Crippen LogP) is 5.12. The minimum absolute atomic E-state index is 0.663. The highest BCUT2D eigenvalue weighted by Crippen LogP contribution is 2.34. The first kappa shape index (κ1) is 13.4. The summed E-state index contributed by atoms with van der Waals surface area (Å²) >= 11 is 0. The number of oxazole rings is 1. The van der Waals surface area contributed by atoms with Crippen molar-refractivity contribution in [3.05, 3.63) is 48.0 Å². The first-order valence-electron chi connectivity index (χ1n) is 8.06. The minimum atomic E-state index is 0.663. The van der Waals surface area contributed by atoms with Gasteiger partial charge in [-0.2, -0.15) is 0 Å². The van der Waals surface area contributed by atoms with Crippen LogP contribution in [0.15, 0.2) is 46.9 Å². The number of fused-ring (bicyclic) bond motifs is 1. The van der Waals surface area contributed by atoms with Gasteiger partial charge in [-0.1, -0.05) is 31.4 Å². The molecule has 4 rings (SSSR count). The Bertz CT molecular complexity index is 783. The lowest BCUT2D eigenvalue weighted by Crippen LogP contribution is -2.04. The number of hydrogen-bond acceptors (Lipinski definition) is 3. The van der Waals surface area contributed by atoms with E-state index in [0.717, 1.165) is 22.6 Å². The van der Waals surface area contributed by atoms with E-state index in [-0.39, 0.29) is 0 Å². The average molecular weight is 292 g/mol. The number of anilines is 1. The Balaban J connectivity index is 1.63. The summed E-state index contributed by atoms with van der Waals surface area (Å²) in [5, 5.41) is 0. The number of nitrogens with two attached hydrogens (primary N) is 1. The summed E-state index contributed by atoms with van der Waals surface area (Å²) in [7, 11) is 0. The molecule has 0 atom stereocenters. The van der Waals surface area contributed by atoms with Crippen LogP contribution in [0.3, 0.4) is 0 Å². The van der Waals surface area contributed by atoms with Gasteiger partial charge in [-0.05, 0) is 54.7 Å². The Morgan fingerprint density at radius 3 is 2.50 bits per heavy atom. The number of nitrogen functional groups attached to an aromatic ring is 1. The molecule has 0 amide bonds. The Hall–Kier alpha value is -2.29. The molecular formula is C19H20N2O. The largest absolute Gasteiger partial charge is 0.436 e. The second-order valence-electron chi connectivity index (χ2n) is 6.20. The van der Waals surface area contributed by atoms with E-state index in [2.05, 4.69) is 29.2 Å². The van der Waals surface area contributed by atoms with E-state index in [1.165, 1.54) is 37.7 Å². The van der Waals surface area contributed by atoms with Gasteiger partial charge >= 0.3 is 0 Å². The highest BCUT2D eigenvalue weighted by molar-refractivity contribution is 5.79. The van der Waals surface area contributed by atoms with Crippen LogP contribution in [-0.2, 0) is 0 Å². The van der Waals surface area contributed by atoms with Crippen LogP contribution >= 0.6 is 0 Å². The van der Waals surface area contributed by atoms with Gasteiger partial charge < -0.3 is 10.2 Å². The molecule has 1 aromatic heterocycles. The molecule has 2 aromatic carbocycles. The van der Waals surface area contributed by atoms with E-state index in [1.54, 1.807) is 0 Å². The van der Waals surface area contributed by atoms with Crippen molar-refractivity contribution in [1.82, 2.24) is 4.98 Å². The van der Waals surface area contributed by atoms with Gasteiger partial charge in [0, 0.05) is 11.3 Å². The molecule has 1 saturated carbocycles. The molecule has 0 unspecified atom stereocenters. The Morgan fingerprint density at radius 1 is 0.955 bits per heavy atom. The standard InChI is InChI=1S/C19H20N2O/c20-16-10-11-18-17(12-16)21-19(22-18)15-8-6-14(7-9-15)13-4-2-1-3-5-13/h6-13H,1-5,20H2. The topological polar surface area (TPSA) is 52.0 Å². The van der Waals surface area contributed by atoms with Gasteiger partial charge in [-0.3, -0.25) is 0 Å². The lowest BCUT2D eigenvalue weighted by Gasteiger charge is -2.21. The van der Waals surface area contributed by atoms with Gasteiger partial charge in [0.1, 0.15) is 5.52 Å². The second kappa shape index (κ2) is 5.48. The van der Waals surface area contributed by atoms with Crippen molar-refractivity contribution in [2.24, 2.45) is 0 Å². The number of aromatic nitrogens is 1. The fourth-order valence-electron chi connectivity index (χ4n) is 3.40. The lowest BCUT2D eigenvalue weighted by atomic mass is 9.84. The first-order chi connectivity index (χ1) is 10.8. The number of benzene rings is 2. The van der Waals surface area contributed by atoms with Crippen LogP contribution in [0.1, 0.15) is 43.6 Å². The summed E-state index contributed by atoms with van der Waals surface area (Å²) in [4.78, 5) is 4.54. The first-order valence-corrected chi connectivity index (χ1v) is 8.06. The van der Waals surface area contributed by atoms with Crippen molar-refractivity contribution >= 4 is 16.8 Å². The normalized spacial score (nSPS) is 16.2. The van der Waals surface area contributed by atoms with Crippen molar-refractivity contribution in [3.63, 3.8) is 0 Å². The fourth-order valence-corrected chi connectivity index (χ4v) is 3.40. The Labute approximate surface area is 130 Å². The van der Waals surface area contributed by atoms with Crippen LogP contribution in [0, 0.1) is 0 Å². The molecule has 3 aromatic rings. The van der Waals surface area contributed by atoms with Crippen LogP contribution in [-0.4, -0.2) is 4.98 Å². The maximum Gasteiger partial charge on any atom is 0.227 e. The van der Waals surface area contributed by atoms with Gasteiger partial charge in [-0.25, -0.2) is 4.98 Å². The SMILES string of the molecule is Nc1ccc2oc(-c3ccc(C4CCCCC4)cc3)nc2c1. The van der Waals surface area contributed by atoms with Crippen LogP contribution in [0.4, 0.5) is 5.69 Å². The van der Waals surface area contributed by atoms with E-state index < -0.39 is 0 Å². The zero-order chi connectivity index (χ0) is 14.9. The molecule has 112 valence electrons. The summed E-state index contributed by atoms with van der Waals surface area (Å²) in [6.45, 7) is 0. The molecule has 0 spiro atoms. The van der Waals surface area contributed by atoms with E-state index in [4.69, 9.17) is 10.2 Å². The van der Waals surface area contributed by atoms with Gasteiger partial charge in [0.25, 0.3) is 0 Å². The van der Waals surface area contributed by atoms with Crippen molar-refractivity contribution in [1.29, 1.82) is 0 Å². The molecule has 1 fully saturated rings. The quantitative estimate of drug-likeness (QED) is 0.666. The molecular weight excluding hydrogens is 272 g/mol. The van der Waals surface area contributed by atoms with Crippen molar-refractivity contribution in [3.8, 4) is 11.5 Å². The number of hydrogen-bond donors (Lipinski definition) is 1. The van der Waals surface area contributed by atoms with E-state index in [1.807, 2.05) is 18.2 Å². The molecule has 2 N–H and O–H groups in total. The molecule has 1 heterocycles. The monoisotopic (exact) mass is 292 g/mol. The zero-order valence-electron chi connectivity index (χ0n) is 12.6. The van der Waals surface area contributed by atoms with Gasteiger partial charge in [0.05, 0.1) is 0 Å².